The smallest absolute Gasteiger partial charge is 0.329 e. The van der Waals surface area contributed by atoms with Crippen LogP contribution in [0, 0.1) is 0 Å². The molecule has 2 N–H and O–H groups in total. The number of carboxylic acids is 1. The van der Waals surface area contributed by atoms with Gasteiger partial charge in [0.15, 0.2) is 12.6 Å². The average molecular weight is 238 g/mol. The first-order valence-electron chi connectivity index (χ1n) is 4.50. The molecule has 1 aromatic rings. The molecule has 0 bridgehead atoms. The highest BCUT2D eigenvalue weighted by atomic mass is 16.4. The summed E-state index contributed by atoms with van der Waals surface area (Å²) in [5.41, 5.74) is -0.0185. The Balaban J connectivity index is 0. The molecule has 0 atom stereocenters. The SMILES string of the molecule is C=C(C=O)C=O.O=C(O)CO.c1ccccc1. The largest absolute Gasteiger partial charge is 0.480 e. The van der Waals surface area contributed by atoms with Gasteiger partial charge in [-0.2, -0.15) is 0 Å². The lowest BCUT2D eigenvalue weighted by molar-refractivity contribution is -0.140. The van der Waals surface area contributed by atoms with E-state index in [-0.39, 0.29) is 5.57 Å². The molecular formula is C12H14O5. The Hall–Kier alpha value is -2.27. The van der Waals surface area contributed by atoms with Crippen LogP contribution in [0.5, 0.6) is 0 Å². The zero-order valence-corrected chi connectivity index (χ0v) is 9.15. The Kier molecular flexibility index (Phi) is 13.8. The molecule has 0 heterocycles. The van der Waals surface area contributed by atoms with Gasteiger partial charge in [0.2, 0.25) is 0 Å². The van der Waals surface area contributed by atoms with Gasteiger partial charge in [0.1, 0.15) is 6.61 Å². The first kappa shape index (κ1) is 17.1. The van der Waals surface area contributed by atoms with Gasteiger partial charge in [-0.15, -0.1) is 0 Å². The van der Waals surface area contributed by atoms with Crippen LogP contribution in [0.3, 0.4) is 0 Å². The minimum Gasteiger partial charge on any atom is -0.480 e. The molecule has 0 amide bonds. The Morgan fingerprint density at radius 2 is 1.24 bits per heavy atom. The Bertz CT molecular complexity index is 295. The Morgan fingerprint density at radius 1 is 1.00 bits per heavy atom. The number of hydrogen-bond acceptors (Lipinski definition) is 4. The summed E-state index contributed by atoms with van der Waals surface area (Å²) in [6.07, 6.45) is 0.819. The van der Waals surface area contributed by atoms with E-state index in [1.807, 2.05) is 36.4 Å². The molecule has 0 saturated carbocycles. The number of benzene rings is 1. The molecular weight excluding hydrogens is 224 g/mol. The zero-order chi connectivity index (χ0) is 13.5. The number of aliphatic carboxylic acids is 1. The number of hydrogen-bond donors (Lipinski definition) is 2. The van der Waals surface area contributed by atoms with Gasteiger partial charge in [-0.3, -0.25) is 9.59 Å². The van der Waals surface area contributed by atoms with E-state index < -0.39 is 12.6 Å². The third-order valence-corrected chi connectivity index (χ3v) is 1.10. The summed E-state index contributed by atoms with van der Waals surface area (Å²) >= 11 is 0. The van der Waals surface area contributed by atoms with Crippen molar-refractivity contribution in [3.05, 3.63) is 48.6 Å². The molecule has 0 fully saturated rings. The number of carbonyl (C=O) groups excluding carboxylic acids is 2. The van der Waals surface area contributed by atoms with Crippen LogP contribution >= 0.6 is 0 Å². The maximum absolute atomic E-state index is 9.41. The van der Waals surface area contributed by atoms with Gasteiger partial charge >= 0.3 is 5.97 Å². The van der Waals surface area contributed by atoms with Crippen LogP contribution < -0.4 is 0 Å². The number of aldehydes is 2. The van der Waals surface area contributed by atoms with Crippen LogP contribution in [-0.4, -0.2) is 35.4 Å². The molecule has 0 saturated heterocycles. The number of rotatable bonds is 3. The van der Waals surface area contributed by atoms with Crippen molar-refractivity contribution in [3.63, 3.8) is 0 Å². The summed E-state index contributed by atoms with van der Waals surface area (Å²) in [7, 11) is 0. The highest BCUT2D eigenvalue weighted by Crippen LogP contribution is 1.79. The lowest BCUT2D eigenvalue weighted by Crippen LogP contribution is -1.98. The highest BCUT2D eigenvalue weighted by molar-refractivity contribution is 5.98. The zero-order valence-electron chi connectivity index (χ0n) is 9.15. The van der Waals surface area contributed by atoms with Crippen LogP contribution in [0.4, 0.5) is 0 Å². The summed E-state index contributed by atoms with van der Waals surface area (Å²) in [5, 5.41) is 15.0. The van der Waals surface area contributed by atoms with Crippen LogP contribution in [0.25, 0.3) is 0 Å². The first-order chi connectivity index (χ1) is 8.08. The Morgan fingerprint density at radius 3 is 1.29 bits per heavy atom. The van der Waals surface area contributed by atoms with Gasteiger partial charge in [-0.05, 0) is 0 Å². The van der Waals surface area contributed by atoms with E-state index >= 15 is 0 Å². The van der Waals surface area contributed by atoms with Gasteiger partial charge in [-0.1, -0.05) is 43.0 Å². The molecule has 1 aromatic carbocycles. The summed E-state index contributed by atoms with van der Waals surface area (Å²) < 4.78 is 0. The number of carboxylic acid groups (broad SMARTS) is 1. The predicted molar refractivity (Wildman–Crippen MR) is 62.4 cm³/mol. The molecule has 17 heavy (non-hydrogen) atoms. The molecule has 0 aromatic heterocycles. The molecule has 1 rings (SSSR count). The molecule has 0 aliphatic carbocycles. The van der Waals surface area contributed by atoms with Crippen molar-refractivity contribution in [2.24, 2.45) is 0 Å². The topological polar surface area (TPSA) is 91.7 Å². The molecule has 92 valence electrons. The van der Waals surface area contributed by atoms with E-state index in [2.05, 4.69) is 6.58 Å². The number of aliphatic hydroxyl groups excluding tert-OH is 1. The Labute approximate surface area is 99.0 Å². The second-order valence-electron chi connectivity index (χ2n) is 2.52. The van der Waals surface area contributed by atoms with Crippen molar-refractivity contribution in [2.75, 3.05) is 6.61 Å². The first-order valence-corrected chi connectivity index (χ1v) is 4.50. The maximum Gasteiger partial charge on any atom is 0.329 e. The fourth-order valence-corrected chi connectivity index (χ4v) is 0.413. The third kappa shape index (κ3) is 20.0. The lowest BCUT2D eigenvalue weighted by Gasteiger charge is -1.72. The van der Waals surface area contributed by atoms with Gasteiger partial charge in [-0.25, -0.2) is 4.79 Å². The van der Waals surface area contributed by atoms with Gasteiger partial charge in [0, 0.05) is 5.57 Å². The minimum atomic E-state index is -1.19. The average Bonchev–Trinajstić information content (AvgIpc) is 2.41. The van der Waals surface area contributed by atoms with Crippen molar-refractivity contribution in [2.45, 2.75) is 0 Å². The summed E-state index contributed by atoms with van der Waals surface area (Å²) in [6, 6.07) is 12.0. The molecule has 5 heteroatoms. The van der Waals surface area contributed by atoms with Crippen molar-refractivity contribution >= 4 is 18.5 Å². The highest BCUT2D eigenvalue weighted by Gasteiger charge is 1.82. The second kappa shape index (κ2) is 13.7. The number of aliphatic hydroxyl groups is 1. The fraction of sp³-hybridized carbons (Fsp3) is 0.0833. The molecule has 0 aliphatic heterocycles. The van der Waals surface area contributed by atoms with Crippen molar-refractivity contribution in [1.82, 2.24) is 0 Å². The van der Waals surface area contributed by atoms with Crippen molar-refractivity contribution in [1.29, 1.82) is 0 Å². The minimum absolute atomic E-state index is 0.0185. The maximum atomic E-state index is 9.41. The molecule has 0 unspecified atom stereocenters. The van der Waals surface area contributed by atoms with E-state index in [1.165, 1.54) is 0 Å². The van der Waals surface area contributed by atoms with Crippen LogP contribution in [0.15, 0.2) is 48.6 Å². The fourth-order valence-electron chi connectivity index (χ4n) is 0.413. The molecule has 0 spiro atoms. The predicted octanol–water partition coefficient (Wildman–Crippen LogP) is 0.690. The van der Waals surface area contributed by atoms with E-state index in [0.29, 0.717) is 12.6 Å². The van der Waals surface area contributed by atoms with E-state index in [1.54, 1.807) is 0 Å². The number of allylic oxidation sites excluding steroid dienone is 1. The summed E-state index contributed by atoms with van der Waals surface area (Å²) in [4.78, 5) is 27.9. The molecule has 0 radical (unpaired) electrons. The lowest BCUT2D eigenvalue weighted by atomic mass is 10.4. The number of carbonyl (C=O) groups is 3. The van der Waals surface area contributed by atoms with Crippen LogP contribution in [0.1, 0.15) is 0 Å². The quantitative estimate of drug-likeness (QED) is 0.350. The normalized spacial score (nSPS) is 7.35. The van der Waals surface area contributed by atoms with Crippen LogP contribution in [0.2, 0.25) is 0 Å². The third-order valence-electron chi connectivity index (χ3n) is 1.10. The van der Waals surface area contributed by atoms with Crippen molar-refractivity contribution < 1.29 is 24.6 Å². The molecule has 5 nitrogen and oxygen atoms in total. The van der Waals surface area contributed by atoms with Crippen molar-refractivity contribution in [3.8, 4) is 0 Å². The monoisotopic (exact) mass is 238 g/mol. The van der Waals surface area contributed by atoms with Gasteiger partial charge < -0.3 is 10.2 Å². The van der Waals surface area contributed by atoms with Crippen LogP contribution in [-0.2, 0) is 14.4 Å². The van der Waals surface area contributed by atoms with Gasteiger partial charge in [0.25, 0.3) is 0 Å². The van der Waals surface area contributed by atoms with E-state index in [0.717, 1.165) is 0 Å². The van der Waals surface area contributed by atoms with Gasteiger partial charge in [0.05, 0.1) is 0 Å². The summed E-state index contributed by atoms with van der Waals surface area (Å²) in [6.45, 7) is 2.28. The summed E-state index contributed by atoms with van der Waals surface area (Å²) in [5.74, 6) is -1.19. The molecule has 0 aliphatic rings. The second-order valence-corrected chi connectivity index (χ2v) is 2.52. The standard InChI is InChI=1S/C6H6.C4H4O2.C2H4O3/c1-2-4-6-5-3-1;1-4(2-5)3-6;3-1-2(4)5/h1-6H;2-3H,1H2;3H,1H2,(H,4,5). The van der Waals surface area contributed by atoms with E-state index in [9.17, 15) is 9.59 Å². The van der Waals surface area contributed by atoms with E-state index in [4.69, 9.17) is 15.0 Å².